The molecule has 8 rings (SSSR count). The van der Waals surface area contributed by atoms with E-state index in [0.717, 1.165) is 93.6 Å². The van der Waals surface area contributed by atoms with Gasteiger partial charge >= 0.3 is 5.97 Å². The van der Waals surface area contributed by atoms with Gasteiger partial charge in [0, 0.05) is 43.1 Å². The molecule has 60 heavy (non-hydrogen) atoms. The first kappa shape index (κ1) is 42.1. The van der Waals surface area contributed by atoms with Crippen LogP contribution in [0.15, 0.2) is 97.1 Å². The number of carbonyl (C=O) groups is 1. The lowest BCUT2D eigenvalue weighted by Crippen LogP contribution is -2.23. The van der Waals surface area contributed by atoms with E-state index in [-0.39, 0.29) is 25.7 Å². The van der Waals surface area contributed by atoms with Crippen LogP contribution in [0.4, 0.5) is 11.4 Å². The van der Waals surface area contributed by atoms with Crippen LogP contribution in [0.25, 0.3) is 11.1 Å². The highest BCUT2D eigenvalue weighted by Gasteiger charge is 2.48. The molecule has 0 aliphatic carbocycles. The van der Waals surface area contributed by atoms with Gasteiger partial charge in [0.2, 0.25) is 0 Å². The van der Waals surface area contributed by atoms with E-state index in [0.29, 0.717) is 18.8 Å². The van der Waals surface area contributed by atoms with Crippen molar-refractivity contribution in [3.63, 3.8) is 0 Å². The van der Waals surface area contributed by atoms with Crippen molar-refractivity contribution in [2.75, 3.05) is 49.2 Å². The minimum atomic E-state index is -1.63. The maximum Gasteiger partial charge on any atom is 0.341 e. The van der Waals surface area contributed by atoms with Gasteiger partial charge in [-0.3, -0.25) is 0 Å². The number of nitrogens with zero attached hydrogens (tertiary/aromatic N) is 2. The average molecular weight is 883 g/mol. The molecule has 0 N–H and O–H groups in total. The fraction of sp³-hybridized carbons (Fsp3) is 0.300. The fourth-order valence-electron chi connectivity index (χ4n) is 8.71. The number of benzene rings is 5. The zero-order valence-corrected chi connectivity index (χ0v) is 37.4. The summed E-state index contributed by atoms with van der Waals surface area (Å²) in [6.07, 6.45) is 8.64. The van der Waals surface area contributed by atoms with Crippen LogP contribution in [-0.4, -0.2) is 45.4 Å². The number of ether oxygens (including phenoxy) is 3. The first-order valence-electron chi connectivity index (χ1n) is 20.8. The fourth-order valence-corrected chi connectivity index (χ4v) is 9.79. The predicted molar refractivity (Wildman–Crippen MR) is 248 cm³/mol. The first-order chi connectivity index (χ1) is 29.0. The van der Waals surface area contributed by atoms with Gasteiger partial charge < -0.3 is 24.0 Å². The van der Waals surface area contributed by atoms with Gasteiger partial charge in [-0.15, -0.1) is 0 Å². The minimum Gasteiger partial charge on any atom is -0.494 e. The maximum atomic E-state index is 14.4. The van der Waals surface area contributed by atoms with Crippen molar-refractivity contribution in [1.82, 2.24) is 0 Å². The van der Waals surface area contributed by atoms with E-state index < -0.39 is 11.6 Å². The molecule has 0 saturated carbocycles. The zero-order chi connectivity index (χ0) is 42.1. The second-order valence-electron chi connectivity index (χ2n) is 15.6. The van der Waals surface area contributed by atoms with Crippen LogP contribution in [0.3, 0.4) is 0 Å². The molecule has 2 saturated heterocycles. The number of halogens is 4. The molecule has 0 spiro atoms. The highest BCUT2D eigenvalue weighted by Crippen LogP contribution is 2.54. The molecule has 0 bridgehead atoms. The van der Waals surface area contributed by atoms with Gasteiger partial charge in [0.15, 0.2) is 5.60 Å². The average Bonchev–Trinajstić information content (AvgIpc) is 4.05. The van der Waals surface area contributed by atoms with Crippen LogP contribution in [0.2, 0.25) is 20.1 Å². The molecule has 0 unspecified atom stereocenters. The molecule has 0 atom stereocenters. The largest absolute Gasteiger partial charge is 0.494 e. The van der Waals surface area contributed by atoms with Gasteiger partial charge in [0.1, 0.15) is 11.5 Å². The second-order valence-corrected chi connectivity index (χ2v) is 17.1. The van der Waals surface area contributed by atoms with E-state index in [9.17, 15) is 4.79 Å². The van der Waals surface area contributed by atoms with Crippen molar-refractivity contribution in [2.24, 2.45) is 0 Å². The summed E-state index contributed by atoms with van der Waals surface area (Å²) in [4.78, 5) is 19.2. The third-order valence-electron chi connectivity index (χ3n) is 11.7. The van der Waals surface area contributed by atoms with Crippen molar-refractivity contribution >= 4 is 74.9 Å². The lowest BCUT2D eigenvalue weighted by Gasteiger charge is -2.28. The number of hydrogen-bond acceptors (Lipinski definition) is 6. The lowest BCUT2D eigenvalue weighted by molar-refractivity contribution is 0.0300. The quantitative estimate of drug-likeness (QED) is 0.0707. The summed E-state index contributed by atoms with van der Waals surface area (Å²) >= 11 is 27.7. The Bertz CT molecular complexity index is 2360. The van der Waals surface area contributed by atoms with Crippen LogP contribution in [0, 0.1) is 13.8 Å². The Labute approximate surface area is 373 Å². The Morgan fingerprint density at radius 3 is 1.40 bits per heavy atom. The number of aryl methyl sites for hydroxylation is 2. The number of anilines is 2. The van der Waals surface area contributed by atoms with E-state index >= 15 is 0 Å². The van der Waals surface area contributed by atoms with Gasteiger partial charge in [0.25, 0.3) is 0 Å². The van der Waals surface area contributed by atoms with Gasteiger partial charge in [0.05, 0.1) is 38.9 Å². The summed E-state index contributed by atoms with van der Waals surface area (Å²) in [7, 11) is 0. The first-order valence-corrected chi connectivity index (χ1v) is 22.3. The Morgan fingerprint density at radius 2 is 1.00 bits per heavy atom. The summed E-state index contributed by atoms with van der Waals surface area (Å²) in [5.41, 5.74) is 8.19. The molecule has 3 aliphatic rings. The molecule has 5 aromatic carbocycles. The highest BCUT2D eigenvalue weighted by atomic mass is 35.5. The maximum absolute atomic E-state index is 14.4. The molecular weight excluding hydrogens is 834 g/mol. The smallest absolute Gasteiger partial charge is 0.341 e. The molecular formula is C50H48Cl4N2O4. The normalized spacial score (nSPS) is 18.0. The minimum absolute atomic E-state index is 0.0116. The SMILES string of the molecule is CCOc1ccc(/C(=C\C2(/C=C(/c3ccc(N4CCCC4)cc3)c3ccc(OCC)c(C)c3)OC(=O)c3c(Cl)c(Cl)c(Cl)c(Cl)c32)c2ccc(N3CCCC3)cc2)cc1C. The molecule has 0 amide bonds. The summed E-state index contributed by atoms with van der Waals surface area (Å²) in [5.74, 6) is 0.916. The Hall–Kier alpha value is -4.59. The van der Waals surface area contributed by atoms with Gasteiger partial charge in [-0.25, -0.2) is 4.79 Å². The number of hydrogen-bond donors (Lipinski definition) is 0. The van der Waals surface area contributed by atoms with E-state index in [1.54, 1.807) is 0 Å². The molecule has 0 aromatic heterocycles. The van der Waals surface area contributed by atoms with Crippen LogP contribution >= 0.6 is 46.4 Å². The number of rotatable bonds is 12. The van der Waals surface area contributed by atoms with Crippen molar-refractivity contribution in [3.05, 3.63) is 162 Å². The third-order valence-corrected chi connectivity index (χ3v) is 13.5. The lowest BCUT2D eigenvalue weighted by atomic mass is 9.82. The number of esters is 1. The molecule has 6 nitrogen and oxygen atoms in total. The molecule has 5 aromatic rings. The Balaban J connectivity index is 1.43. The zero-order valence-electron chi connectivity index (χ0n) is 34.3. The topological polar surface area (TPSA) is 51.2 Å². The van der Waals surface area contributed by atoms with Crippen LogP contribution < -0.4 is 19.3 Å². The number of carbonyl (C=O) groups excluding carboxylic acids is 1. The van der Waals surface area contributed by atoms with E-state index in [1.807, 2.05) is 64.1 Å². The highest BCUT2D eigenvalue weighted by molar-refractivity contribution is 6.53. The molecule has 0 radical (unpaired) electrons. The third kappa shape index (κ3) is 8.12. The van der Waals surface area contributed by atoms with Gasteiger partial charge in [-0.1, -0.05) is 82.8 Å². The van der Waals surface area contributed by atoms with Crippen molar-refractivity contribution < 1.29 is 19.0 Å². The van der Waals surface area contributed by atoms with E-state index in [1.165, 1.54) is 25.7 Å². The van der Waals surface area contributed by atoms with Crippen molar-refractivity contribution in [3.8, 4) is 11.5 Å². The van der Waals surface area contributed by atoms with E-state index in [4.69, 9.17) is 60.6 Å². The molecule has 2 fully saturated rings. The summed E-state index contributed by atoms with van der Waals surface area (Å²) in [6.45, 7) is 13.2. The Morgan fingerprint density at radius 1 is 0.600 bits per heavy atom. The monoisotopic (exact) mass is 880 g/mol. The number of cyclic esters (lactones) is 1. The van der Waals surface area contributed by atoms with E-state index in [2.05, 4.69) is 70.5 Å². The van der Waals surface area contributed by atoms with Crippen molar-refractivity contribution in [2.45, 2.75) is 59.0 Å². The molecule has 3 heterocycles. The Kier molecular flexibility index (Phi) is 12.5. The van der Waals surface area contributed by atoms with Crippen LogP contribution in [0.1, 0.15) is 88.8 Å². The predicted octanol–water partition coefficient (Wildman–Crippen LogP) is 13.5. The van der Waals surface area contributed by atoms with Crippen LogP contribution in [0.5, 0.6) is 11.5 Å². The molecule has 310 valence electrons. The molecule has 10 heteroatoms. The number of fused-ring (bicyclic) bond motifs is 1. The van der Waals surface area contributed by atoms with Crippen molar-refractivity contribution in [1.29, 1.82) is 0 Å². The van der Waals surface area contributed by atoms with Crippen LogP contribution in [-0.2, 0) is 10.3 Å². The molecule has 3 aliphatic heterocycles. The summed E-state index contributed by atoms with van der Waals surface area (Å²) in [5, 5.41) is 0.0881. The standard InChI is InChI=1S/C50H48Cl4N2O4/c1-5-58-41-21-15-35(27-31(41)3)39(33-11-17-37(18-12-33)55-23-7-8-24-55)29-50(44-43(49(57)60-50)45(51)47(53)48(54)46(44)52)30-40(36-16-22-42(59-6-2)32(4)28-36)34-13-19-38(20-14-34)56-25-9-10-26-56/h11-22,27-30H,5-10,23-26H2,1-4H3/b39-29-,40-30-. The summed E-state index contributed by atoms with van der Waals surface area (Å²) < 4.78 is 18.6. The van der Waals surface area contributed by atoms with Gasteiger partial charge in [-0.2, -0.15) is 0 Å². The summed E-state index contributed by atoms with van der Waals surface area (Å²) in [6, 6.07) is 29.3. The van der Waals surface area contributed by atoms with Gasteiger partial charge in [-0.05, 0) is 159 Å². The second kappa shape index (κ2) is 17.8.